The summed E-state index contributed by atoms with van der Waals surface area (Å²) in [5, 5.41) is 7.19. The van der Waals surface area contributed by atoms with Crippen molar-refractivity contribution in [1.29, 1.82) is 0 Å². The van der Waals surface area contributed by atoms with Crippen LogP contribution in [0.2, 0.25) is 0 Å². The largest absolute Gasteiger partial charge is 0.338 e. The molecule has 0 aliphatic rings. The van der Waals surface area contributed by atoms with Gasteiger partial charge in [0, 0.05) is 13.2 Å². The predicted molar refractivity (Wildman–Crippen MR) is 58.4 cm³/mol. The number of aryl methyl sites for hydroxylation is 1. The fourth-order valence-electron chi connectivity index (χ4n) is 1.11. The van der Waals surface area contributed by atoms with Crippen molar-refractivity contribution in [2.45, 2.75) is 0 Å². The van der Waals surface area contributed by atoms with E-state index in [9.17, 15) is 0 Å². The highest BCUT2D eigenvalue weighted by Gasteiger charge is 1.97. The summed E-state index contributed by atoms with van der Waals surface area (Å²) in [7, 11) is 1.87. The van der Waals surface area contributed by atoms with Crippen molar-refractivity contribution in [3.63, 3.8) is 0 Å². The zero-order valence-electron chi connectivity index (χ0n) is 7.61. The molecular weight excluding hydrogens is 244 g/mol. The highest BCUT2D eigenvalue weighted by molar-refractivity contribution is 9.10. The second-order valence-corrected chi connectivity index (χ2v) is 3.69. The van der Waals surface area contributed by atoms with E-state index in [1.807, 2.05) is 31.4 Å². The first-order valence-electron chi connectivity index (χ1n) is 4.12. The Hall–Kier alpha value is -1.36. The van der Waals surface area contributed by atoms with Gasteiger partial charge in [0.05, 0.1) is 11.9 Å². The fourth-order valence-corrected chi connectivity index (χ4v) is 1.46. The third kappa shape index (κ3) is 2.11. The van der Waals surface area contributed by atoms with Crippen molar-refractivity contribution in [3.05, 3.63) is 35.2 Å². The molecule has 0 bridgehead atoms. The van der Waals surface area contributed by atoms with Crippen LogP contribution in [0.15, 0.2) is 35.2 Å². The number of halogens is 1. The molecule has 72 valence electrons. The van der Waals surface area contributed by atoms with Gasteiger partial charge in [-0.25, -0.2) is 4.98 Å². The Labute approximate surface area is 90.1 Å². The van der Waals surface area contributed by atoms with Crippen molar-refractivity contribution in [3.8, 4) is 0 Å². The second kappa shape index (κ2) is 3.79. The molecule has 2 aromatic heterocycles. The number of pyridine rings is 1. The zero-order chi connectivity index (χ0) is 9.97. The van der Waals surface area contributed by atoms with Crippen LogP contribution in [0.3, 0.4) is 0 Å². The van der Waals surface area contributed by atoms with E-state index in [2.05, 4.69) is 31.3 Å². The summed E-state index contributed by atoms with van der Waals surface area (Å²) >= 11 is 3.31. The van der Waals surface area contributed by atoms with Crippen LogP contribution in [-0.2, 0) is 7.05 Å². The highest BCUT2D eigenvalue weighted by atomic mass is 79.9. The molecule has 0 unspecified atom stereocenters. The van der Waals surface area contributed by atoms with Gasteiger partial charge in [-0.05, 0) is 28.1 Å². The molecule has 0 saturated carbocycles. The van der Waals surface area contributed by atoms with Gasteiger partial charge < -0.3 is 5.32 Å². The second-order valence-electron chi connectivity index (χ2n) is 2.87. The summed E-state index contributed by atoms with van der Waals surface area (Å²) in [6, 6.07) is 5.71. The molecule has 0 aliphatic heterocycles. The van der Waals surface area contributed by atoms with Crippen LogP contribution in [0.25, 0.3) is 0 Å². The monoisotopic (exact) mass is 252 g/mol. The van der Waals surface area contributed by atoms with Crippen LogP contribution in [0.4, 0.5) is 11.5 Å². The lowest BCUT2D eigenvalue weighted by atomic mass is 10.4. The molecule has 0 amide bonds. The topological polar surface area (TPSA) is 42.7 Å². The van der Waals surface area contributed by atoms with Gasteiger partial charge in [0.1, 0.15) is 10.4 Å². The number of anilines is 2. The van der Waals surface area contributed by atoms with Crippen LogP contribution < -0.4 is 5.32 Å². The first-order chi connectivity index (χ1) is 6.74. The minimum absolute atomic E-state index is 0.798. The number of aromatic nitrogens is 3. The molecule has 2 rings (SSSR count). The third-order valence-electron chi connectivity index (χ3n) is 1.69. The summed E-state index contributed by atoms with van der Waals surface area (Å²) in [5.41, 5.74) is 0.929. The molecule has 2 aromatic rings. The van der Waals surface area contributed by atoms with Crippen molar-refractivity contribution < 1.29 is 0 Å². The predicted octanol–water partition coefficient (Wildman–Crippen LogP) is 2.32. The highest BCUT2D eigenvalue weighted by Crippen LogP contribution is 2.15. The first-order valence-corrected chi connectivity index (χ1v) is 4.91. The number of nitrogens with zero attached hydrogens (tertiary/aromatic N) is 3. The molecule has 0 saturated heterocycles. The molecule has 0 aromatic carbocycles. The minimum atomic E-state index is 0.798. The molecular formula is C9H9BrN4. The van der Waals surface area contributed by atoms with Crippen LogP contribution in [0.5, 0.6) is 0 Å². The van der Waals surface area contributed by atoms with E-state index >= 15 is 0 Å². The SMILES string of the molecule is Cn1cc(Nc2cccc(Br)n2)cn1. The lowest BCUT2D eigenvalue weighted by Gasteiger charge is -2.01. The van der Waals surface area contributed by atoms with E-state index in [1.54, 1.807) is 10.9 Å². The summed E-state index contributed by atoms with van der Waals surface area (Å²) in [6.45, 7) is 0. The Morgan fingerprint density at radius 2 is 2.29 bits per heavy atom. The lowest BCUT2D eigenvalue weighted by Crippen LogP contribution is -1.91. The lowest BCUT2D eigenvalue weighted by molar-refractivity contribution is 0.768. The van der Waals surface area contributed by atoms with E-state index < -0.39 is 0 Å². The maximum absolute atomic E-state index is 4.25. The van der Waals surface area contributed by atoms with Gasteiger partial charge in [-0.15, -0.1) is 0 Å². The first kappa shape index (κ1) is 9.21. The molecule has 0 fully saturated rings. The standard InChI is InChI=1S/C9H9BrN4/c1-14-6-7(5-11-14)12-9-4-2-3-8(10)13-9/h2-6H,1H3,(H,12,13). The van der Waals surface area contributed by atoms with Gasteiger partial charge >= 0.3 is 0 Å². The van der Waals surface area contributed by atoms with Gasteiger partial charge in [0.15, 0.2) is 0 Å². The molecule has 0 radical (unpaired) electrons. The number of nitrogens with one attached hydrogen (secondary N) is 1. The smallest absolute Gasteiger partial charge is 0.131 e. The van der Waals surface area contributed by atoms with Crippen molar-refractivity contribution >= 4 is 27.4 Å². The Morgan fingerprint density at radius 1 is 1.43 bits per heavy atom. The zero-order valence-corrected chi connectivity index (χ0v) is 9.19. The van der Waals surface area contributed by atoms with E-state index in [1.165, 1.54) is 0 Å². The minimum Gasteiger partial charge on any atom is -0.338 e. The maximum Gasteiger partial charge on any atom is 0.131 e. The van der Waals surface area contributed by atoms with E-state index in [0.29, 0.717) is 0 Å². The van der Waals surface area contributed by atoms with Gasteiger partial charge in [-0.3, -0.25) is 4.68 Å². The normalized spacial score (nSPS) is 10.1. The molecule has 0 atom stereocenters. The van der Waals surface area contributed by atoms with Crippen molar-refractivity contribution in [2.24, 2.45) is 7.05 Å². The van der Waals surface area contributed by atoms with E-state index in [-0.39, 0.29) is 0 Å². The Bertz CT molecular complexity index is 438. The molecule has 0 aliphatic carbocycles. The fraction of sp³-hybridized carbons (Fsp3) is 0.111. The molecule has 14 heavy (non-hydrogen) atoms. The number of hydrogen-bond donors (Lipinski definition) is 1. The number of rotatable bonds is 2. The molecule has 1 N–H and O–H groups in total. The molecule has 5 heteroatoms. The maximum atomic E-state index is 4.25. The van der Waals surface area contributed by atoms with Crippen molar-refractivity contribution in [1.82, 2.24) is 14.8 Å². The Kier molecular flexibility index (Phi) is 2.49. The van der Waals surface area contributed by atoms with Gasteiger partial charge in [0.2, 0.25) is 0 Å². The van der Waals surface area contributed by atoms with Gasteiger partial charge in [0.25, 0.3) is 0 Å². The van der Waals surface area contributed by atoms with Crippen LogP contribution in [-0.4, -0.2) is 14.8 Å². The molecule has 4 nitrogen and oxygen atoms in total. The summed E-state index contributed by atoms with van der Waals surface area (Å²) in [6.07, 6.45) is 3.64. The molecule has 0 spiro atoms. The summed E-state index contributed by atoms with van der Waals surface area (Å²) in [5.74, 6) is 0.798. The van der Waals surface area contributed by atoms with E-state index in [4.69, 9.17) is 0 Å². The Morgan fingerprint density at radius 3 is 2.93 bits per heavy atom. The third-order valence-corrected chi connectivity index (χ3v) is 2.13. The van der Waals surface area contributed by atoms with Crippen molar-refractivity contribution in [2.75, 3.05) is 5.32 Å². The van der Waals surface area contributed by atoms with Crippen LogP contribution >= 0.6 is 15.9 Å². The summed E-state index contributed by atoms with van der Waals surface area (Å²) in [4.78, 5) is 4.25. The van der Waals surface area contributed by atoms with E-state index in [0.717, 1.165) is 16.1 Å². The average Bonchev–Trinajstić information content (AvgIpc) is 2.51. The van der Waals surface area contributed by atoms with Crippen LogP contribution in [0.1, 0.15) is 0 Å². The Balaban J connectivity index is 2.18. The molecule has 2 heterocycles. The number of hydrogen-bond acceptors (Lipinski definition) is 3. The average molecular weight is 253 g/mol. The summed E-state index contributed by atoms with van der Waals surface area (Å²) < 4.78 is 2.55. The van der Waals surface area contributed by atoms with Crippen LogP contribution in [0, 0.1) is 0 Å². The quantitative estimate of drug-likeness (QED) is 0.835. The van der Waals surface area contributed by atoms with Gasteiger partial charge in [-0.1, -0.05) is 6.07 Å². The van der Waals surface area contributed by atoms with Gasteiger partial charge in [-0.2, -0.15) is 5.10 Å².